The van der Waals surface area contributed by atoms with Crippen LogP contribution in [0, 0.1) is 4.78 Å². The minimum Gasteiger partial charge on any atom is -0.188 e. The molecule has 0 atom stereocenters. The van der Waals surface area contributed by atoms with E-state index in [4.69, 9.17) is 13.2 Å². The van der Waals surface area contributed by atoms with Gasteiger partial charge >= 0.3 is 10.5 Å². The van der Waals surface area contributed by atoms with Crippen molar-refractivity contribution in [1.82, 2.24) is 0 Å². The normalized spacial score (nSPS) is 9.93. The van der Waals surface area contributed by atoms with Crippen LogP contribution >= 0.6 is 0 Å². The number of hydrogen-bond acceptors (Lipinski definition) is 3. The molecule has 0 radical (unpaired) electrons. The molecule has 0 bridgehead atoms. The predicted molar refractivity (Wildman–Crippen MR) is 56.8 cm³/mol. The quantitative estimate of drug-likeness (QED) is 0.720. The number of nitrogens with one attached hydrogen (secondary N) is 1. The maximum Gasteiger partial charge on any atom is 0.308 e. The van der Waals surface area contributed by atoms with Gasteiger partial charge in [-0.25, -0.2) is 0 Å². The Kier molecular flexibility index (Phi) is 5.09. The molecule has 1 aromatic carbocycles. The number of hydrogen-bond donors (Lipinski definition) is 1. The van der Waals surface area contributed by atoms with Crippen molar-refractivity contribution in [3.05, 3.63) is 35.9 Å². The second-order valence-corrected chi connectivity index (χ2v) is 4.32. The van der Waals surface area contributed by atoms with E-state index in [1.165, 1.54) is 5.56 Å². The number of benzene rings is 1. The summed E-state index contributed by atoms with van der Waals surface area (Å²) in [6.07, 6.45) is 0. The van der Waals surface area contributed by atoms with Crippen molar-refractivity contribution >= 4 is 10.5 Å². The summed E-state index contributed by atoms with van der Waals surface area (Å²) in [5.41, 5.74) is 1.69. The van der Waals surface area contributed by atoms with Crippen LogP contribution in [0.15, 0.2) is 30.3 Å². The molecular weight excluding hydrogens is 198 g/mol. The molecule has 0 aliphatic heterocycles. The summed E-state index contributed by atoms with van der Waals surface area (Å²) in [7, 11) is -2.61. The Bertz CT molecular complexity index is 355. The van der Waals surface area contributed by atoms with Crippen molar-refractivity contribution in [3.8, 4) is 0 Å². The summed E-state index contributed by atoms with van der Waals surface area (Å²) in [4.78, 5) is 0. The van der Waals surface area contributed by atoms with Crippen molar-refractivity contribution in [2.45, 2.75) is 26.2 Å². The summed E-state index contributed by atoms with van der Waals surface area (Å²) in [5.74, 6) is 0. The van der Waals surface area contributed by atoms with Crippen molar-refractivity contribution in [2.24, 2.45) is 0 Å². The van der Waals surface area contributed by atoms with E-state index >= 15 is 0 Å². The molecule has 0 spiro atoms. The van der Waals surface area contributed by atoms with Crippen molar-refractivity contribution in [1.29, 1.82) is 4.78 Å². The van der Waals surface area contributed by atoms with E-state index in [0.717, 1.165) is 0 Å². The number of rotatable bonds is 0. The van der Waals surface area contributed by atoms with Crippen molar-refractivity contribution in [2.75, 3.05) is 0 Å². The molecular formula is C10H15NO2S. The first-order valence-corrected chi connectivity index (χ1v) is 5.27. The highest BCUT2D eigenvalue weighted by atomic mass is 32.2. The lowest BCUT2D eigenvalue weighted by atomic mass is 9.87. The van der Waals surface area contributed by atoms with Gasteiger partial charge in [0, 0.05) is 0 Å². The van der Waals surface area contributed by atoms with E-state index in [1.807, 2.05) is 0 Å². The highest BCUT2D eigenvalue weighted by Crippen LogP contribution is 2.20. The van der Waals surface area contributed by atoms with E-state index < -0.39 is 10.5 Å². The molecule has 0 unspecified atom stereocenters. The first-order chi connectivity index (χ1) is 6.34. The van der Waals surface area contributed by atoms with E-state index in [2.05, 4.69) is 51.1 Å². The highest BCUT2D eigenvalue weighted by molar-refractivity contribution is 7.60. The van der Waals surface area contributed by atoms with Gasteiger partial charge in [-0.1, -0.05) is 51.1 Å². The molecule has 0 heterocycles. The summed E-state index contributed by atoms with van der Waals surface area (Å²) < 4.78 is 22.8. The Hall–Kier alpha value is -1.16. The Labute approximate surface area is 86.3 Å². The fraction of sp³-hybridized carbons (Fsp3) is 0.400. The molecule has 0 aliphatic rings. The standard InChI is InChI=1S/C10H14.HNO2S/c1-10(2,3)9-7-5-4-6-8-9;1-4(2)3/h4-8H,1-3H3;1H. The fourth-order valence-electron chi connectivity index (χ4n) is 0.938. The molecule has 14 heavy (non-hydrogen) atoms. The van der Waals surface area contributed by atoms with Gasteiger partial charge in [0.25, 0.3) is 0 Å². The molecule has 78 valence electrons. The van der Waals surface area contributed by atoms with Gasteiger partial charge in [-0.05, 0) is 11.0 Å². The second kappa shape index (κ2) is 5.54. The summed E-state index contributed by atoms with van der Waals surface area (Å²) >= 11 is 0. The van der Waals surface area contributed by atoms with Crippen molar-refractivity contribution in [3.63, 3.8) is 0 Å². The average Bonchev–Trinajstić information content (AvgIpc) is 2.03. The molecule has 1 N–H and O–H groups in total. The second-order valence-electron chi connectivity index (χ2n) is 3.85. The molecule has 1 aromatic rings. The van der Waals surface area contributed by atoms with Gasteiger partial charge in [0.2, 0.25) is 0 Å². The van der Waals surface area contributed by atoms with Gasteiger partial charge in [0.1, 0.15) is 0 Å². The molecule has 0 fully saturated rings. The van der Waals surface area contributed by atoms with Gasteiger partial charge in [0.15, 0.2) is 0 Å². The summed E-state index contributed by atoms with van der Waals surface area (Å²) in [6, 6.07) is 10.6. The third-order valence-corrected chi connectivity index (χ3v) is 1.64. The maximum atomic E-state index is 8.67. The maximum absolute atomic E-state index is 8.67. The molecule has 3 nitrogen and oxygen atoms in total. The Balaban J connectivity index is 0.000000364. The summed E-state index contributed by atoms with van der Waals surface area (Å²) in [5, 5.41) is 0. The van der Waals surface area contributed by atoms with E-state index in [9.17, 15) is 0 Å². The molecule has 0 saturated carbocycles. The third-order valence-electron chi connectivity index (χ3n) is 1.64. The Morgan fingerprint density at radius 2 is 1.43 bits per heavy atom. The van der Waals surface area contributed by atoms with E-state index in [1.54, 1.807) is 0 Å². The van der Waals surface area contributed by atoms with Crippen LogP contribution in [0.3, 0.4) is 0 Å². The van der Waals surface area contributed by atoms with E-state index in [-0.39, 0.29) is 0 Å². The topological polar surface area (TPSA) is 58.0 Å². The molecule has 0 saturated heterocycles. The highest BCUT2D eigenvalue weighted by Gasteiger charge is 2.11. The summed E-state index contributed by atoms with van der Waals surface area (Å²) in [6.45, 7) is 6.67. The van der Waals surface area contributed by atoms with Crippen LogP contribution in [0.1, 0.15) is 26.3 Å². The van der Waals surface area contributed by atoms with Gasteiger partial charge in [0.05, 0.1) is 0 Å². The average molecular weight is 213 g/mol. The van der Waals surface area contributed by atoms with E-state index in [0.29, 0.717) is 5.41 Å². The van der Waals surface area contributed by atoms with Crippen LogP contribution < -0.4 is 0 Å². The smallest absolute Gasteiger partial charge is 0.188 e. The zero-order valence-corrected chi connectivity index (χ0v) is 9.43. The van der Waals surface area contributed by atoms with Crippen LogP contribution in [0.5, 0.6) is 0 Å². The van der Waals surface area contributed by atoms with Gasteiger partial charge in [-0.15, -0.1) is 0 Å². The van der Waals surface area contributed by atoms with Gasteiger partial charge in [-0.3, -0.25) is 0 Å². The largest absolute Gasteiger partial charge is 0.308 e. The zero-order valence-electron chi connectivity index (χ0n) is 8.61. The Morgan fingerprint density at radius 3 is 1.64 bits per heavy atom. The fourth-order valence-corrected chi connectivity index (χ4v) is 0.938. The van der Waals surface area contributed by atoms with Crippen LogP contribution in [-0.4, -0.2) is 8.42 Å². The minimum absolute atomic E-state index is 0.293. The molecule has 4 heteroatoms. The lowest BCUT2D eigenvalue weighted by Gasteiger charge is -2.18. The SMILES string of the molecule is CC(C)(C)c1ccccc1.N=S(=O)=O. The van der Waals surface area contributed by atoms with Gasteiger partial charge < -0.3 is 0 Å². The molecule has 0 aromatic heterocycles. The first kappa shape index (κ1) is 12.8. The van der Waals surface area contributed by atoms with Crippen LogP contribution in [-0.2, 0) is 15.9 Å². The molecule has 1 rings (SSSR count). The molecule has 0 amide bonds. The molecule has 0 aliphatic carbocycles. The van der Waals surface area contributed by atoms with Crippen LogP contribution in [0.25, 0.3) is 0 Å². The third kappa shape index (κ3) is 6.37. The van der Waals surface area contributed by atoms with Gasteiger partial charge in [-0.2, -0.15) is 13.2 Å². The monoisotopic (exact) mass is 213 g/mol. The lowest BCUT2D eigenvalue weighted by Crippen LogP contribution is -2.10. The Morgan fingerprint density at radius 1 is 1.07 bits per heavy atom. The van der Waals surface area contributed by atoms with Crippen molar-refractivity contribution < 1.29 is 8.42 Å². The lowest BCUT2D eigenvalue weighted by molar-refractivity contribution is 0.590. The zero-order chi connectivity index (χ0) is 11.2. The minimum atomic E-state index is -2.61. The predicted octanol–water partition coefficient (Wildman–Crippen LogP) is 2.61. The van der Waals surface area contributed by atoms with Crippen LogP contribution in [0.4, 0.5) is 0 Å². The van der Waals surface area contributed by atoms with Crippen LogP contribution in [0.2, 0.25) is 0 Å². The first-order valence-electron chi connectivity index (χ1n) is 4.20.